The fourth-order valence-electron chi connectivity index (χ4n) is 7.83. The third kappa shape index (κ3) is 4.42. The summed E-state index contributed by atoms with van der Waals surface area (Å²) in [6, 6.07) is 63.5. The smallest absolute Gasteiger partial charge is 0.143 e. The number of hydrogen-bond donors (Lipinski definition) is 0. The summed E-state index contributed by atoms with van der Waals surface area (Å²) in [5.41, 5.74) is 7.75. The largest absolute Gasteiger partial charge is 0.455 e. The molecule has 0 aliphatic rings. The summed E-state index contributed by atoms with van der Waals surface area (Å²) in [6.07, 6.45) is 0. The second-order valence-corrected chi connectivity index (χ2v) is 12.9. The van der Waals surface area contributed by atoms with Crippen LogP contribution < -0.4 is 4.90 Å². The molecule has 230 valence electrons. The predicted octanol–water partition coefficient (Wildman–Crippen LogP) is 13.2. The molecule has 0 fully saturated rings. The molecule has 0 saturated carbocycles. The van der Waals surface area contributed by atoms with Gasteiger partial charge in [-0.25, -0.2) is 0 Å². The first-order chi connectivity index (χ1) is 24.3. The van der Waals surface area contributed by atoms with Gasteiger partial charge in [0.05, 0.1) is 0 Å². The minimum Gasteiger partial charge on any atom is -0.455 e. The molecule has 0 N–H and O–H groups in total. The van der Waals surface area contributed by atoms with Crippen molar-refractivity contribution >= 4 is 76.4 Å². The SMILES string of the molecule is c1ccc(-c2cccc3c2oc2c4ccccc4ccc32)c(CN(c2cccc3ccccc23)c2cc3ccccc3c3ccccc23)c1. The standard InChI is InChI=1S/C47H31NO/c1-7-20-37-31(13-1)17-11-26-44(37)48(45-29-33-15-3-5-18-35(33)39-22-9-10-23-40(39)45)30-34-16-4-6-19-36(34)41-24-12-25-42-43-28-27-32-14-2-8-21-38(32)46(43)49-47(41)42/h1-29H,30H2. The number of rotatable bonds is 5. The van der Waals surface area contributed by atoms with Crippen molar-refractivity contribution in [1.29, 1.82) is 0 Å². The van der Waals surface area contributed by atoms with Crippen LogP contribution in [0.2, 0.25) is 0 Å². The van der Waals surface area contributed by atoms with Crippen LogP contribution in [0.4, 0.5) is 11.4 Å². The molecule has 0 amide bonds. The number of nitrogens with zero attached hydrogens (tertiary/aromatic N) is 1. The molecule has 1 aromatic heterocycles. The molecule has 49 heavy (non-hydrogen) atoms. The van der Waals surface area contributed by atoms with E-state index < -0.39 is 0 Å². The third-order valence-electron chi connectivity index (χ3n) is 10.1. The van der Waals surface area contributed by atoms with Crippen molar-refractivity contribution in [2.45, 2.75) is 6.54 Å². The van der Waals surface area contributed by atoms with Gasteiger partial charge in [0.25, 0.3) is 0 Å². The summed E-state index contributed by atoms with van der Waals surface area (Å²) >= 11 is 0. The van der Waals surface area contributed by atoms with Crippen LogP contribution in [0, 0.1) is 0 Å². The number of para-hydroxylation sites is 1. The van der Waals surface area contributed by atoms with Gasteiger partial charge in [0.2, 0.25) is 0 Å². The molecule has 0 bridgehead atoms. The Bertz CT molecular complexity index is 2870. The number of anilines is 2. The normalized spacial score (nSPS) is 11.8. The Morgan fingerprint density at radius 1 is 0.347 bits per heavy atom. The first kappa shape index (κ1) is 27.7. The molecular formula is C47H31NO. The zero-order valence-corrected chi connectivity index (χ0v) is 26.8. The van der Waals surface area contributed by atoms with Crippen LogP contribution in [0.15, 0.2) is 180 Å². The fraction of sp³-hybridized carbons (Fsp3) is 0.0213. The molecule has 0 atom stereocenters. The van der Waals surface area contributed by atoms with Gasteiger partial charge in [-0.05, 0) is 56.3 Å². The Kier molecular flexibility index (Phi) is 6.28. The highest BCUT2D eigenvalue weighted by atomic mass is 16.3. The Balaban J connectivity index is 1.22. The van der Waals surface area contributed by atoms with E-state index in [1.54, 1.807) is 0 Å². The van der Waals surface area contributed by atoms with E-state index in [1.807, 2.05) is 0 Å². The van der Waals surface area contributed by atoms with E-state index >= 15 is 0 Å². The van der Waals surface area contributed by atoms with Crippen LogP contribution in [0.5, 0.6) is 0 Å². The molecule has 0 unspecified atom stereocenters. The van der Waals surface area contributed by atoms with Crippen LogP contribution in [0.3, 0.4) is 0 Å². The molecule has 1 heterocycles. The first-order valence-corrected chi connectivity index (χ1v) is 16.9. The van der Waals surface area contributed by atoms with Crippen LogP contribution >= 0.6 is 0 Å². The number of fused-ring (bicyclic) bond motifs is 9. The zero-order valence-electron chi connectivity index (χ0n) is 26.8. The molecule has 0 aliphatic heterocycles. The van der Waals surface area contributed by atoms with Gasteiger partial charge in [-0.15, -0.1) is 0 Å². The topological polar surface area (TPSA) is 16.4 Å². The molecule has 2 nitrogen and oxygen atoms in total. The summed E-state index contributed by atoms with van der Waals surface area (Å²) in [7, 11) is 0. The van der Waals surface area contributed by atoms with Gasteiger partial charge in [0, 0.05) is 50.4 Å². The van der Waals surface area contributed by atoms with Gasteiger partial charge in [-0.2, -0.15) is 0 Å². The lowest BCUT2D eigenvalue weighted by Gasteiger charge is -2.29. The maximum Gasteiger partial charge on any atom is 0.143 e. The molecule has 0 spiro atoms. The predicted molar refractivity (Wildman–Crippen MR) is 208 cm³/mol. The first-order valence-electron chi connectivity index (χ1n) is 16.9. The van der Waals surface area contributed by atoms with E-state index in [1.165, 1.54) is 60.2 Å². The van der Waals surface area contributed by atoms with Crippen molar-refractivity contribution in [2.24, 2.45) is 0 Å². The Morgan fingerprint density at radius 3 is 1.78 bits per heavy atom. The minimum absolute atomic E-state index is 0.673. The lowest BCUT2D eigenvalue weighted by Crippen LogP contribution is -2.18. The zero-order chi connectivity index (χ0) is 32.3. The summed E-state index contributed by atoms with van der Waals surface area (Å²) < 4.78 is 6.83. The van der Waals surface area contributed by atoms with Crippen molar-refractivity contribution in [3.8, 4) is 11.1 Å². The van der Waals surface area contributed by atoms with Crippen molar-refractivity contribution in [1.82, 2.24) is 0 Å². The lowest BCUT2D eigenvalue weighted by atomic mass is 9.95. The van der Waals surface area contributed by atoms with Crippen molar-refractivity contribution < 1.29 is 4.42 Å². The van der Waals surface area contributed by atoms with E-state index in [0.717, 1.165) is 32.9 Å². The molecule has 0 radical (unpaired) electrons. The summed E-state index contributed by atoms with van der Waals surface area (Å²) in [5.74, 6) is 0. The highest BCUT2D eigenvalue weighted by molar-refractivity contribution is 6.18. The fourth-order valence-corrected chi connectivity index (χ4v) is 7.83. The summed E-state index contributed by atoms with van der Waals surface area (Å²) in [4.78, 5) is 2.52. The second kappa shape index (κ2) is 11.1. The van der Waals surface area contributed by atoms with Gasteiger partial charge in [0.15, 0.2) is 0 Å². The quantitative estimate of drug-likeness (QED) is 0.177. The number of furan rings is 1. The van der Waals surface area contributed by atoms with E-state index in [0.29, 0.717) is 6.54 Å². The molecule has 9 aromatic carbocycles. The molecular weight excluding hydrogens is 595 g/mol. The van der Waals surface area contributed by atoms with Gasteiger partial charge in [0.1, 0.15) is 11.2 Å². The van der Waals surface area contributed by atoms with Crippen LogP contribution in [0.1, 0.15) is 5.56 Å². The monoisotopic (exact) mass is 625 g/mol. The number of hydrogen-bond acceptors (Lipinski definition) is 2. The van der Waals surface area contributed by atoms with Gasteiger partial charge >= 0.3 is 0 Å². The van der Waals surface area contributed by atoms with Crippen molar-refractivity contribution in [3.63, 3.8) is 0 Å². The summed E-state index contributed by atoms with van der Waals surface area (Å²) in [6.45, 7) is 0.673. The Labute approximate surface area is 284 Å². The maximum absolute atomic E-state index is 6.83. The lowest BCUT2D eigenvalue weighted by molar-refractivity contribution is 0.673. The highest BCUT2D eigenvalue weighted by Gasteiger charge is 2.21. The third-order valence-corrected chi connectivity index (χ3v) is 10.1. The average Bonchev–Trinajstić information content (AvgIpc) is 3.56. The van der Waals surface area contributed by atoms with Crippen molar-refractivity contribution in [3.05, 3.63) is 181 Å². The maximum atomic E-state index is 6.83. The van der Waals surface area contributed by atoms with E-state index in [4.69, 9.17) is 4.42 Å². The van der Waals surface area contributed by atoms with Crippen LogP contribution in [-0.2, 0) is 6.54 Å². The summed E-state index contributed by atoms with van der Waals surface area (Å²) in [5, 5.41) is 12.1. The Hall–Kier alpha value is -6.38. The van der Waals surface area contributed by atoms with E-state index in [2.05, 4.69) is 181 Å². The van der Waals surface area contributed by atoms with Crippen molar-refractivity contribution in [2.75, 3.05) is 4.90 Å². The van der Waals surface area contributed by atoms with Crippen LogP contribution in [0.25, 0.3) is 76.2 Å². The van der Waals surface area contributed by atoms with Gasteiger partial charge < -0.3 is 9.32 Å². The average molecular weight is 626 g/mol. The number of benzene rings is 9. The van der Waals surface area contributed by atoms with Crippen LogP contribution in [-0.4, -0.2) is 0 Å². The van der Waals surface area contributed by atoms with E-state index in [9.17, 15) is 0 Å². The van der Waals surface area contributed by atoms with E-state index in [-0.39, 0.29) is 0 Å². The second-order valence-electron chi connectivity index (χ2n) is 12.9. The molecule has 10 rings (SSSR count). The minimum atomic E-state index is 0.673. The van der Waals surface area contributed by atoms with Gasteiger partial charge in [-0.1, -0.05) is 158 Å². The molecule has 0 saturated heterocycles. The molecule has 0 aliphatic carbocycles. The highest BCUT2D eigenvalue weighted by Crippen LogP contribution is 2.43. The molecule has 2 heteroatoms. The molecule has 10 aromatic rings. The van der Waals surface area contributed by atoms with Gasteiger partial charge in [-0.3, -0.25) is 0 Å². The Morgan fingerprint density at radius 2 is 0.918 bits per heavy atom.